The summed E-state index contributed by atoms with van der Waals surface area (Å²) >= 11 is 0. The molecular formula is C16H10F2NO2STi-. The van der Waals surface area contributed by atoms with E-state index in [1.165, 1.54) is 12.1 Å². The van der Waals surface area contributed by atoms with Crippen molar-refractivity contribution >= 4 is 26.5 Å². The van der Waals surface area contributed by atoms with Crippen molar-refractivity contribution in [2.75, 3.05) is 4.72 Å². The summed E-state index contributed by atoms with van der Waals surface area (Å²) in [5.74, 6) is -1.99. The number of fused-ring (bicyclic) bond motifs is 1. The second-order valence-corrected chi connectivity index (χ2v) is 6.33. The first-order valence-corrected chi connectivity index (χ1v) is 7.83. The molecule has 23 heavy (non-hydrogen) atoms. The molecule has 0 aromatic heterocycles. The molecule has 0 bridgehead atoms. The fourth-order valence-corrected chi connectivity index (χ4v) is 3.15. The van der Waals surface area contributed by atoms with Crippen LogP contribution >= 0.6 is 0 Å². The van der Waals surface area contributed by atoms with Gasteiger partial charge in [0.1, 0.15) is 0 Å². The van der Waals surface area contributed by atoms with E-state index in [9.17, 15) is 17.2 Å². The van der Waals surface area contributed by atoms with Gasteiger partial charge in [-0.05, 0) is 28.6 Å². The van der Waals surface area contributed by atoms with E-state index in [1.54, 1.807) is 24.3 Å². The topological polar surface area (TPSA) is 46.2 Å². The average Bonchev–Trinajstić information content (AvgIpc) is 2.49. The molecule has 0 aliphatic rings. The standard InChI is InChI=1S/C16H10F2NO2S.Ti/c17-13-6-8-16(15(18)10-13)19-22(20,21)14-7-5-11-3-1-2-4-12(11)9-14;/h1-9,19H;/q-1;. The molecule has 0 aliphatic carbocycles. The first kappa shape index (κ1) is 17.6. The van der Waals surface area contributed by atoms with Crippen LogP contribution in [0.1, 0.15) is 0 Å². The van der Waals surface area contributed by atoms with E-state index in [0.29, 0.717) is 0 Å². The SMILES string of the molecule is O=S(=O)(Nc1ccc(F)[c-]c1F)c1ccc2ccccc2c1.[Ti]. The van der Waals surface area contributed by atoms with Crippen LogP contribution in [0.15, 0.2) is 59.5 Å². The average molecular weight is 366 g/mol. The van der Waals surface area contributed by atoms with Gasteiger partial charge >= 0.3 is 0 Å². The molecule has 0 fully saturated rings. The Morgan fingerprint density at radius 3 is 2.30 bits per heavy atom. The number of anilines is 1. The van der Waals surface area contributed by atoms with Crippen molar-refractivity contribution in [1.82, 2.24) is 0 Å². The molecular weight excluding hydrogens is 356 g/mol. The zero-order valence-corrected chi connectivity index (χ0v) is 14.1. The minimum absolute atomic E-state index is 0. The monoisotopic (exact) mass is 366 g/mol. The number of halogens is 2. The molecule has 0 amide bonds. The van der Waals surface area contributed by atoms with Gasteiger partial charge in [0, 0.05) is 33.4 Å². The van der Waals surface area contributed by atoms with Crippen LogP contribution in [0.5, 0.6) is 0 Å². The molecule has 0 radical (unpaired) electrons. The fraction of sp³-hybridized carbons (Fsp3) is 0. The molecule has 0 heterocycles. The Bertz CT molecular complexity index is 961. The molecule has 3 aromatic rings. The maximum atomic E-state index is 13.5. The summed E-state index contributed by atoms with van der Waals surface area (Å²) in [5.41, 5.74) is -0.352. The van der Waals surface area contributed by atoms with Gasteiger partial charge in [-0.2, -0.15) is 0 Å². The molecule has 0 aliphatic heterocycles. The third-order valence-corrected chi connectivity index (χ3v) is 4.50. The largest absolute Gasteiger partial charge is 0.330 e. The Labute approximate surface area is 147 Å². The van der Waals surface area contributed by atoms with Crippen LogP contribution in [0.25, 0.3) is 10.8 Å². The Hall–Kier alpha value is -1.76. The summed E-state index contributed by atoms with van der Waals surface area (Å²) in [6.45, 7) is 0. The minimum atomic E-state index is -3.97. The van der Waals surface area contributed by atoms with Crippen LogP contribution in [-0.4, -0.2) is 8.42 Å². The maximum absolute atomic E-state index is 13.5. The predicted molar refractivity (Wildman–Crippen MR) is 80.0 cm³/mol. The molecule has 0 unspecified atom stereocenters. The Morgan fingerprint density at radius 2 is 1.61 bits per heavy atom. The van der Waals surface area contributed by atoms with E-state index in [4.69, 9.17) is 0 Å². The molecule has 3 aromatic carbocycles. The number of sulfonamides is 1. The summed E-state index contributed by atoms with van der Waals surface area (Å²) in [4.78, 5) is -0.00470. The Kier molecular flexibility index (Phi) is 5.19. The summed E-state index contributed by atoms with van der Waals surface area (Å²) < 4.78 is 53.0. The molecule has 0 atom stereocenters. The van der Waals surface area contributed by atoms with Crippen molar-refractivity contribution in [3.05, 3.63) is 72.3 Å². The number of hydrogen-bond donors (Lipinski definition) is 1. The van der Waals surface area contributed by atoms with Crippen LogP contribution in [0.2, 0.25) is 0 Å². The van der Waals surface area contributed by atoms with Crippen molar-refractivity contribution < 1.29 is 38.9 Å². The van der Waals surface area contributed by atoms with Crippen LogP contribution < -0.4 is 4.72 Å². The molecule has 0 saturated carbocycles. The van der Waals surface area contributed by atoms with E-state index in [1.807, 2.05) is 12.1 Å². The Balaban J connectivity index is 0.00000192. The minimum Gasteiger partial charge on any atom is -0.330 e. The number of hydrogen-bond acceptors (Lipinski definition) is 2. The molecule has 3 nitrogen and oxygen atoms in total. The third kappa shape index (κ3) is 3.78. The van der Waals surface area contributed by atoms with Gasteiger partial charge < -0.3 is 4.72 Å². The smallest absolute Gasteiger partial charge is 0.251 e. The van der Waals surface area contributed by atoms with Crippen LogP contribution in [0.4, 0.5) is 14.5 Å². The maximum Gasteiger partial charge on any atom is 0.251 e. The van der Waals surface area contributed by atoms with Crippen molar-refractivity contribution in [1.29, 1.82) is 0 Å². The molecule has 116 valence electrons. The van der Waals surface area contributed by atoms with Crippen LogP contribution in [0, 0.1) is 17.7 Å². The van der Waals surface area contributed by atoms with Gasteiger partial charge in [0.15, 0.2) is 0 Å². The molecule has 3 rings (SSSR count). The fourth-order valence-electron chi connectivity index (χ4n) is 2.06. The van der Waals surface area contributed by atoms with Crippen molar-refractivity contribution in [3.8, 4) is 0 Å². The quantitative estimate of drug-likeness (QED) is 0.567. The van der Waals surface area contributed by atoms with E-state index >= 15 is 0 Å². The van der Waals surface area contributed by atoms with Gasteiger partial charge in [-0.3, -0.25) is 0 Å². The second-order valence-electron chi connectivity index (χ2n) is 4.65. The number of rotatable bonds is 3. The van der Waals surface area contributed by atoms with E-state index < -0.39 is 21.7 Å². The summed E-state index contributed by atoms with van der Waals surface area (Å²) in [6, 6.07) is 15.6. The van der Waals surface area contributed by atoms with Crippen molar-refractivity contribution in [3.63, 3.8) is 0 Å². The summed E-state index contributed by atoms with van der Waals surface area (Å²) in [6.07, 6.45) is 0. The first-order valence-electron chi connectivity index (χ1n) is 6.35. The zero-order chi connectivity index (χ0) is 15.7. The molecule has 0 saturated heterocycles. The van der Waals surface area contributed by atoms with Gasteiger partial charge in [-0.15, -0.1) is 18.2 Å². The van der Waals surface area contributed by atoms with Gasteiger partial charge in [0.05, 0.1) is 4.90 Å². The van der Waals surface area contributed by atoms with Crippen LogP contribution in [0.3, 0.4) is 0 Å². The third-order valence-electron chi connectivity index (χ3n) is 3.14. The summed E-state index contributed by atoms with van der Waals surface area (Å²) in [7, 11) is -3.97. The predicted octanol–water partition coefficient (Wildman–Crippen LogP) is 3.72. The zero-order valence-electron chi connectivity index (χ0n) is 11.7. The van der Waals surface area contributed by atoms with Gasteiger partial charge in [-0.25, -0.2) is 17.2 Å². The summed E-state index contributed by atoms with van der Waals surface area (Å²) in [5, 5.41) is 1.64. The molecule has 0 spiro atoms. The molecule has 1 N–H and O–H groups in total. The van der Waals surface area contributed by atoms with E-state index in [-0.39, 0.29) is 32.3 Å². The number of nitrogens with one attached hydrogen (secondary N) is 1. The van der Waals surface area contributed by atoms with Gasteiger partial charge in [0.25, 0.3) is 10.0 Å². The Morgan fingerprint density at radius 1 is 0.913 bits per heavy atom. The first-order chi connectivity index (χ1) is 10.5. The van der Waals surface area contributed by atoms with Gasteiger partial charge in [-0.1, -0.05) is 30.3 Å². The van der Waals surface area contributed by atoms with E-state index in [0.717, 1.165) is 22.9 Å². The van der Waals surface area contributed by atoms with Crippen LogP contribution in [-0.2, 0) is 31.7 Å². The van der Waals surface area contributed by atoms with Crippen molar-refractivity contribution in [2.24, 2.45) is 0 Å². The van der Waals surface area contributed by atoms with Gasteiger partial charge in [0.2, 0.25) is 0 Å². The molecule has 7 heteroatoms. The second kappa shape index (κ2) is 6.78. The number of benzene rings is 3. The normalized spacial score (nSPS) is 11.0. The van der Waals surface area contributed by atoms with E-state index in [2.05, 4.69) is 4.72 Å². The van der Waals surface area contributed by atoms with Crippen molar-refractivity contribution in [2.45, 2.75) is 4.90 Å².